The summed E-state index contributed by atoms with van der Waals surface area (Å²) in [5.74, 6) is 0. The maximum atomic E-state index is 8.96. The molecule has 0 radical (unpaired) electrons. The van der Waals surface area contributed by atoms with Crippen molar-refractivity contribution in [2.45, 2.75) is 33.4 Å². The first-order chi connectivity index (χ1) is 6.11. The first kappa shape index (κ1) is 10.2. The van der Waals surface area contributed by atoms with E-state index in [1.165, 1.54) is 0 Å². The van der Waals surface area contributed by atoms with Gasteiger partial charge in [-0.15, -0.1) is 0 Å². The number of rotatable bonds is 3. The Balaban J connectivity index is 3.12. The zero-order valence-electron chi connectivity index (χ0n) is 8.41. The van der Waals surface area contributed by atoms with Gasteiger partial charge in [0.05, 0.1) is 18.3 Å². The Morgan fingerprint density at radius 1 is 1.54 bits per heavy atom. The first-order valence-electron chi connectivity index (χ1n) is 4.52. The van der Waals surface area contributed by atoms with E-state index < -0.39 is 0 Å². The molecule has 4 nitrogen and oxygen atoms in total. The van der Waals surface area contributed by atoms with Gasteiger partial charge in [0, 0.05) is 17.8 Å². The van der Waals surface area contributed by atoms with Gasteiger partial charge >= 0.3 is 0 Å². The molecule has 0 amide bonds. The molecule has 1 heterocycles. The average molecular weight is 183 g/mol. The average Bonchev–Trinajstić information content (AvgIpc) is 2.40. The van der Waals surface area contributed by atoms with E-state index in [4.69, 9.17) is 10.8 Å². The van der Waals surface area contributed by atoms with Gasteiger partial charge in [0.15, 0.2) is 0 Å². The summed E-state index contributed by atoms with van der Waals surface area (Å²) in [6, 6.07) is -0.305. The summed E-state index contributed by atoms with van der Waals surface area (Å²) in [5.41, 5.74) is 8.71. The van der Waals surface area contributed by atoms with E-state index in [0.29, 0.717) is 0 Å². The highest BCUT2D eigenvalue weighted by Gasteiger charge is 2.16. The van der Waals surface area contributed by atoms with Crippen molar-refractivity contribution >= 4 is 0 Å². The molecule has 0 unspecified atom stereocenters. The lowest BCUT2D eigenvalue weighted by molar-refractivity contribution is 0.267. The van der Waals surface area contributed by atoms with E-state index in [2.05, 4.69) is 5.10 Å². The largest absolute Gasteiger partial charge is 0.394 e. The minimum atomic E-state index is -0.305. The van der Waals surface area contributed by atoms with Crippen LogP contribution in [-0.2, 0) is 6.54 Å². The molecule has 0 aliphatic heterocycles. The Morgan fingerprint density at radius 2 is 2.15 bits per heavy atom. The van der Waals surface area contributed by atoms with Crippen LogP contribution in [0.15, 0.2) is 0 Å². The lowest BCUT2D eigenvalue weighted by atomic mass is 10.1. The molecule has 0 aliphatic carbocycles. The Morgan fingerprint density at radius 3 is 2.54 bits per heavy atom. The lowest BCUT2D eigenvalue weighted by Crippen LogP contribution is -2.16. The fraction of sp³-hybridized carbons (Fsp3) is 0.667. The van der Waals surface area contributed by atoms with Crippen LogP contribution in [0, 0.1) is 13.8 Å². The van der Waals surface area contributed by atoms with Crippen LogP contribution in [0.25, 0.3) is 0 Å². The molecule has 0 aromatic carbocycles. The summed E-state index contributed by atoms with van der Waals surface area (Å²) in [6.07, 6.45) is 0. The third kappa shape index (κ3) is 1.73. The molecule has 0 bridgehead atoms. The Bertz CT molecular complexity index is 293. The topological polar surface area (TPSA) is 64.1 Å². The van der Waals surface area contributed by atoms with E-state index in [-0.39, 0.29) is 12.6 Å². The van der Waals surface area contributed by atoms with Crippen molar-refractivity contribution in [1.29, 1.82) is 0 Å². The fourth-order valence-corrected chi connectivity index (χ4v) is 1.65. The van der Waals surface area contributed by atoms with Gasteiger partial charge in [-0.1, -0.05) is 0 Å². The maximum Gasteiger partial charge on any atom is 0.0645 e. The second kappa shape index (κ2) is 3.89. The van der Waals surface area contributed by atoms with Crippen LogP contribution in [0.5, 0.6) is 0 Å². The first-order valence-corrected chi connectivity index (χ1v) is 4.52. The molecule has 74 valence electrons. The summed E-state index contributed by atoms with van der Waals surface area (Å²) in [4.78, 5) is 0. The van der Waals surface area contributed by atoms with E-state index >= 15 is 0 Å². The number of aryl methyl sites for hydroxylation is 2. The van der Waals surface area contributed by atoms with Crippen molar-refractivity contribution < 1.29 is 5.11 Å². The van der Waals surface area contributed by atoms with Crippen molar-refractivity contribution in [3.63, 3.8) is 0 Å². The molecule has 0 saturated carbocycles. The fourth-order valence-electron chi connectivity index (χ4n) is 1.65. The number of aliphatic hydroxyl groups is 1. The van der Waals surface area contributed by atoms with Gasteiger partial charge in [0.2, 0.25) is 0 Å². The highest BCUT2D eigenvalue weighted by atomic mass is 16.3. The summed E-state index contributed by atoms with van der Waals surface area (Å²) in [7, 11) is 0. The van der Waals surface area contributed by atoms with Crippen molar-refractivity contribution in [2.24, 2.45) is 5.73 Å². The number of aliphatic hydroxyl groups excluding tert-OH is 1. The molecular formula is C9H17N3O. The van der Waals surface area contributed by atoms with Crippen LogP contribution in [0.1, 0.15) is 29.9 Å². The minimum absolute atomic E-state index is 0.0307. The summed E-state index contributed by atoms with van der Waals surface area (Å²) >= 11 is 0. The summed E-state index contributed by atoms with van der Waals surface area (Å²) in [6.45, 7) is 6.74. The van der Waals surface area contributed by atoms with Gasteiger partial charge in [0.1, 0.15) is 0 Å². The zero-order valence-corrected chi connectivity index (χ0v) is 8.41. The van der Waals surface area contributed by atoms with Gasteiger partial charge in [-0.3, -0.25) is 4.68 Å². The zero-order chi connectivity index (χ0) is 10.0. The lowest BCUT2D eigenvalue weighted by Gasteiger charge is -2.08. The monoisotopic (exact) mass is 183 g/mol. The Hall–Kier alpha value is -0.870. The summed E-state index contributed by atoms with van der Waals surface area (Å²) < 4.78 is 1.90. The minimum Gasteiger partial charge on any atom is -0.394 e. The highest BCUT2D eigenvalue weighted by molar-refractivity contribution is 5.27. The molecule has 1 atom stereocenters. The van der Waals surface area contributed by atoms with Crippen molar-refractivity contribution in [2.75, 3.05) is 6.61 Å². The second-order valence-corrected chi connectivity index (χ2v) is 3.19. The molecule has 1 rings (SSSR count). The normalized spacial score (nSPS) is 13.3. The maximum absolute atomic E-state index is 8.96. The number of hydrogen-bond acceptors (Lipinski definition) is 3. The highest BCUT2D eigenvalue weighted by Crippen LogP contribution is 2.19. The molecule has 0 aliphatic rings. The second-order valence-electron chi connectivity index (χ2n) is 3.19. The van der Waals surface area contributed by atoms with E-state index in [0.717, 1.165) is 23.5 Å². The molecule has 0 fully saturated rings. The molecule has 1 aromatic heterocycles. The molecule has 4 heteroatoms. The van der Waals surface area contributed by atoms with Crippen LogP contribution >= 0.6 is 0 Å². The number of nitrogens with two attached hydrogens (primary N) is 1. The van der Waals surface area contributed by atoms with E-state index in [1.54, 1.807) is 0 Å². The van der Waals surface area contributed by atoms with E-state index in [9.17, 15) is 0 Å². The Kier molecular flexibility index (Phi) is 3.06. The molecular weight excluding hydrogens is 166 g/mol. The SMILES string of the molecule is CCn1nc(C)c([C@@H](N)CO)c1C. The van der Waals surface area contributed by atoms with Crippen LogP contribution in [0.2, 0.25) is 0 Å². The number of hydrogen-bond donors (Lipinski definition) is 2. The standard InChI is InChI=1S/C9H17N3O/c1-4-12-7(3)9(6(2)11-12)8(10)5-13/h8,13H,4-5,10H2,1-3H3/t8-/m0/s1. The van der Waals surface area contributed by atoms with Crippen molar-refractivity contribution in [3.05, 3.63) is 17.0 Å². The van der Waals surface area contributed by atoms with Gasteiger partial charge < -0.3 is 10.8 Å². The van der Waals surface area contributed by atoms with Gasteiger partial charge in [-0.2, -0.15) is 5.10 Å². The van der Waals surface area contributed by atoms with Crippen molar-refractivity contribution in [1.82, 2.24) is 9.78 Å². The number of nitrogens with zero attached hydrogens (tertiary/aromatic N) is 2. The van der Waals surface area contributed by atoms with Crippen LogP contribution in [-0.4, -0.2) is 21.5 Å². The van der Waals surface area contributed by atoms with Crippen LogP contribution in [0.3, 0.4) is 0 Å². The quantitative estimate of drug-likeness (QED) is 0.717. The van der Waals surface area contributed by atoms with E-state index in [1.807, 2.05) is 25.5 Å². The molecule has 13 heavy (non-hydrogen) atoms. The predicted octanol–water partition coefficient (Wildman–Crippen LogP) is 0.512. The van der Waals surface area contributed by atoms with Gasteiger partial charge in [-0.25, -0.2) is 0 Å². The third-order valence-corrected chi connectivity index (χ3v) is 2.30. The van der Waals surface area contributed by atoms with Crippen molar-refractivity contribution in [3.8, 4) is 0 Å². The molecule has 1 aromatic rings. The van der Waals surface area contributed by atoms with Crippen LogP contribution in [0.4, 0.5) is 0 Å². The summed E-state index contributed by atoms with van der Waals surface area (Å²) in [5, 5.41) is 13.3. The number of aromatic nitrogens is 2. The third-order valence-electron chi connectivity index (χ3n) is 2.30. The molecule has 0 saturated heterocycles. The Labute approximate surface area is 78.4 Å². The predicted molar refractivity (Wildman–Crippen MR) is 51.4 cm³/mol. The van der Waals surface area contributed by atoms with Crippen LogP contribution < -0.4 is 5.73 Å². The smallest absolute Gasteiger partial charge is 0.0645 e. The van der Waals surface area contributed by atoms with Gasteiger partial charge in [0.25, 0.3) is 0 Å². The van der Waals surface area contributed by atoms with Gasteiger partial charge in [-0.05, 0) is 20.8 Å². The molecule has 3 N–H and O–H groups in total. The molecule has 0 spiro atoms.